The van der Waals surface area contributed by atoms with E-state index in [1.54, 1.807) is 12.1 Å². The van der Waals surface area contributed by atoms with Crippen LogP contribution in [0.3, 0.4) is 0 Å². The summed E-state index contributed by atoms with van der Waals surface area (Å²) in [5, 5.41) is 3.49. The average Bonchev–Trinajstić information content (AvgIpc) is 2.28. The highest BCUT2D eigenvalue weighted by atomic mass is 35.5. The van der Waals surface area contributed by atoms with Crippen LogP contribution in [0.4, 0.5) is 0 Å². The third-order valence-electron chi connectivity index (χ3n) is 2.32. The lowest BCUT2D eigenvalue weighted by atomic mass is 10.1. The average molecular weight is 241 g/mol. The van der Waals surface area contributed by atoms with Gasteiger partial charge in [-0.05, 0) is 24.1 Å². The van der Waals surface area contributed by atoms with Crippen molar-refractivity contribution in [1.29, 1.82) is 0 Å². The zero-order valence-corrected chi connectivity index (χ0v) is 10.1. The van der Waals surface area contributed by atoms with Gasteiger partial charge in [0.05, 0.1) is 6.04 Å². The highest BCUT2D eigenvalue weighted by molar-refractivity contribution is 6.30. The Hall–Kier alpha value is -1.06. The first-order valence-corrected chi connectivity index (χ1v) is 5.79. The number of hydrogen-bond donors (Lipinski definition) is 2. The molecule has 1 aromatic carbocycles. The number of rotatable bonds is 5. The van der Waals surface area contributed by atoms with Crippen molar-refractivity contribution in [2.24, 2.45) is 5.73 Å². The van der Waals surface area contributed by atoms with Gasteiger partial charge in [-0.15, -0.1) is 0 Å². The molecule has 0 aliphatic heterocycles. The summed E-state index contributed by atoms with van der Waals surface area (Å²) in [5.41, 5.74) is 6.70. The molecule has 0 bridgehead atoms. The molecule has 0 aliphatic carbocycles. The van der Waals surface area contributed by atoms with Crippen LogP contribution in [-0.2, 0) is 11.3 Å². The minimum atomic E-state index is -0.405. The Labute approximate surface area is 101 Å². The molecule has 4 heteroatoms. The maximum atomic E-state index is 11.5. The largest absolute Gasteiger partial charge is 0.351 e. The zero-order chi connectivity index (χ0) is 12.0. The molecular formula is C12H17ClN2O. The second kappa shape index (κ2) is 6.51. The van der Waals surface area contributed by atoms with E-state index in [2.05, 4.69) is 5.32 Å². The number of hydrogen-bond acceptors (Lipinski definition) is 2. The van der Waals surface area contributed by atoms with Crippen molar-refractivity contribution in [3.63, 3.8) is 0 Å². The van der Waals surface area contributed by atoms with Crippen molar-refractivity contribution < 1.29 is 4.79 Å². The van der Waals surface area contributed by atoms with Crippen LogP contribution in [0.5, 0.6) is 0 Å². The molecule has 0 aromatic heterocycles. The molecular weight excluding hydrogens is 224 g/mol. The van der Waals surface area contributed by atoms with Crippen LogP contribution in [0.1, 0.15) is 25.3 Å². The third-order valence-corrected chi connectivity index (χ3v) is 2.57. The van der Waals surface area contributed by atoms with Crippen LogP contribution < -0.4 is 11.1 Å². The van der Waals surface area contributed by atoms with Gasteiger partial charge in [-0.2, -0.15) is 0 Å². The first-order valence-electron chi connectivity index (χ1n) is 5.41. The lowest BCUT2D eigenvalue weighted by molar-refractivity contribution is -0.122. The Bertz CT molecular complexity index is 337. The van der Waals surface area contributed by atoms with Crippen LogP contribution in [-0.4, -0.2) is 11.9 Å². The molecule has 0 fully saturated rings. The smallest absolute Gasteiger partial charge is 0.237 e. The Morgan fingerprint density at radius 1 is 1.44 bits per heavy atom. The maximum absolute atomic E-state index is 11.5. The number of nitrogens with two attached hydrogens (primary N) is 1. The molecule has 3 N–H and O–H groups in total. The molecule has 0 radical (unpaired) electrons. The van der Waals surface area contributed by atoms with E-state index < -0.39 is 6.04 Å². The van der Waals surface area contributed by atoms with Crippen LogP contribution in [0.2, 0.25) is 5.02 Å². The van der Waals surface area contributed by atoms with E-state index >= 15 is 0 Å². The summed E-state index contributed by atoms with van der Waals surface area (Å²) in [5.74, 6) is -0.100. The van der Waals surface area contributed by atoms with E-state index in [4.69, 9.17) is 17.3 Å². The molecule has 0 spiro atoms. The number of halogens is 1. The molecule has 0 aliphatic rings. The number of amides is 1. The number of carbonyl (C=O) groups is 1. The van der Waals surface area contributed by atoms with Crippen molar-refractivity contribution in [3.8, 4) is 0 Å². The first kappa shape index (κ1) is 13.0. The molecule has 1 rings (SSSR count). The first-order chi connectivity index (χ1) is 7.63. The van der Waals surface area contributed by atoms with Gasteiger partial charge in [0.2, 0.25) is 5.91 Å². The van der Waals surface area contributed by atoms with Gasteiger partial charge < -0.3 is 11.1 Å². The fourth-order valence-corrected chi connectivity index (χ4v) is 1.49. The van der Waals surface area contributed by atoms with E-state index in [-0.39, 0.29) is 5.91 Å². The number of carbonyl (C=O) groups excluding carboxylic acids is 1. The summed E-state index contributed by atoms with van der Waals surface area (Å²) in [6, 6.07) is 6.96. The van der Waals surface area contributed by atoms with Crippen molar-refractivity contribution >= 4 is 17.5 Å². The summed E-state index contributed by atoms with van der Waals surface area (Å²) in [7, 11) is 0. The highest BCUT2D eigenvalue weighted by Gasteiger charge is 2.10. The Morgan fingerprint density at radius 2 is 2.06 bits per heavy atom. The Kier molecular flexibility index (Phi) is 5.29. The van der Waals surface area contributed by atoms with Gasteiger partial charge in [0, 0.05) is 11.6 Å². The summed E-state index contributed by atoms with van der Waals surface area (Å²) in [6.45, 7) is 2.50. The van der Waals surface area contributed by atoms with E-state index in [0.29, 0.717) is 18.0 Å². The van der Waals surface area contributed by atoms with Gasteiger partial charge in [0.15, 0.2) is 0 Å². The summed E-state index contributed by atoms with van der Waals surface area (Å²) in [6.07, 6.45) is 1.63. The molecule has 1 atom stereocenters. The predicted octanol–water partition coefficient (Wildman–Crippen LogP) is 2.08. The number of benzene rings is 1. The zero-order valence-electron chi connectivity index (χ0n) is 9.37. The van der Waals surface area contributed by atoms with Gasteiger partial charge in [0.1, 0.15) is 0 Å². The van der Waals surface area contributed by atoms with Crippen LogP contribution in [0, 0.1) is 0 Å². The fourth-order valence-electron chi connectivity index (χ4n) is 1.36. The molecule has 0 saturated carbocycles. The van der Waals surface area contributed by atoms with Crippen molar-refractivity contribution in [2.75, 3.05) is 0 Å². The van der Waals surface area contributed by atoms with Gasteiger partial charge in [-0.1, -0.05) is 37.1 Å². The topological polar surface area (TPSA) is 55.1 Å². The van der Waals surface area contributed by atoms with Crippen LogP contribution >= 0.6 is 11.6 Å². The van der Waals surface area contributed by atoms with Crippen molar-refractivity contribution in [2.45, 2.75) is 32.4 Å². The number of nitrogens with one attached hydrogen (secondary N) is 1. The SMILES string of the molecule is CCC[C@H](N)C(=O)NCc1ccc(Cl)cc1. The molecule has 0 unspecified atom stereocenters. The Balaban J connectivity index is 2.39. The molecule has 3 nitrogen and oxygen atoms in total. The highest BCUT2D eigenvalue weighted by Crippen LogP contribution is 2.09. The van der Waals surface area contributed by atoms with E-state index in [1.807, 2.05) is 19.1 Å². The monoisotopic (exact) mass is 240 g/mol. The molecule has 0 heterocycles. The molecule has 88 valence electrons. The van der Waals surface area contributed by atoms with Gasteiger partial charge in [-0.3, -0.25) is 4.79 Å². The minimum Gasteiger partial charge on any atom is -0.351 e. The fraction of sp³-hybridized carbons (Fsp3) is 0.417. The lowest BCUT2D eigenvalue weighted by Gasteiger charge is -2.11. The van der Waals surface area contributed by atoms with E-state index in [0.717, 1.165) is 12.0 Å². The minimum absolute atomic E-state index is 0.100. The van der Waals surface area contributed by atoms with E-state index in [9.17, 15) is 4.79 Å². The second-order valence-electron chi connectivity index (χ2n) is 3.74. The summed E-state index contributed by atoms with van der Waals surface area (Å²) >= 11 is 5.76. The van der Waals surface area contributed by atoms with Crippen LogP contribution in [0.25, 0.3) is 0 Å². The van der Waals surface area contributed by atoms with Gasteiger partial charge in [-0.25, -0.2) is 0 Å². The predicted molar refractivity (Wildman–Crippen MR) is 66.2 cm³/mol. The summed E-state index contributed by atoms with van der Waals surface area (Å²) < 4.78 is 0. The lowest BCUT2D eigenvalue weighted by Crippen LogP contribution is -2.40. The quantitative estimate of drug-likeness (QED) is 0.828. The Morgan fingerprint density at radius 3 is 2.62 bits per heavy atom. The van der Waals surface area contributed by atoms with Crippen molar-refractivity contribution in [1.82, 2.24) is 5.32 Å². The molecule has 16 heavy (non-hydrogen) atoms. The normalized spacial score (nSPS) is 12.2. The van der Waals surface area contributed by atoms with Crippen LogP contribution in [0.15, 0.2) is 24.3 Å². The summed E-state index contributed by atoms with van der Waals surface area (Å²) in [4.78, 5) is 11.5. The van der Waals surface area contributed by atoms with Crippen molar-refractivity contribution in [3.05, 3.63) is 34.9 Å². The standard InChI is InChI=1S/C12H17ClN2O/c1-2-3-11(14)12(16)15-8-9-4-6-10(13)7-5-9/h4-7,11H,2-3,8,14H2,1H3,(H,15,16)/t11-/m0/s1. The third kappa shape index (κ3) is 4.21. The van der Waals surface area contributed by atoms with Gasteiger partial charge >= 0.3 is 0 Å². The maximum Gasteiger partial charge on any atom is 0.237 e. The van der Waals surface area contributed by atoms with Gasteiger partial charge in [0.25, 0.3) is 0 Å². The second-order valence-corrected chi connectivity index (χ2v) is 4.18. The molecule has 1 aromatic rings. The molecule has 1 amide bonds. The molecule has 0 saturated heterocycles. The van der Waals surface area contributed by atoms with E-state index in [1.165, 1.54) is 0 Å².